The van der Waals surface area contributed by atoms with E-state index >= 15 is 0 Å². The molecule has 1 N–H and O–H groups in total. The van der Waals surface area contributed by atoms with E-state index < -0.39 is 11.6 Å². The van der Waals surface area contributed by atoms with Crippen molar-refractivity contribution in [1.82, 2.24) is 10.3 Å². The number of hydrogen-bond acceptors (Lipinski definition) is 2. The third-order valence-electron chi connectivity index (χ3n) is 3.43. The molecule has 1 atom stereocenters. The zero-order valence-electron chi connectivity index (χ0n) is 11.7. The van der Waals surface area contributed by atoms with Crippen LogP contribution >= 0.6 is 0 Å². The summed E-state index contributed by atoms with van der Waals surface area (Å²) in [5.74, 6) is -0.973. The van der Waals surface area contributed by atoms with Crippen LogP contribution < -0.4 is 5.32 Å². The molecule has 0 aliphatic carbocycles. The Bertz CT molecular complexity index is 570. The van der Waals surface area contributed by atoms with Crippen molar-refractivity contribution < 1.29 is 8.78 Å². The summed E-state index contributed by atoms with van der Waals surface area (Å²) in [6.07, 6.45) is 2.97. The molecule has 0 aliphatic heterocycles. The van der Waals surface area contributed by atoms with Gasteiger partial charge >= 0.3 is 0 Å². The molecule has 2 rings (SSSR count). The smallest absolute Gasteiger partial charge is 0.133 e. The van der Waals surface area contributed by atoms with Crippen LogP contribution in [0.2, 0.25) is 0 Å². The molecular formula is C16H18F2N2. The van der Waals surface area contributed by atoms with Crippen LogP contribution in [-0.2, 0) is 6.42 Å². The van der Waals surface area contributed by atoms with E-state index in [-0.39, 0.29) is 11.6 Å². The molecule has 0 amide bonds. The molecule has 0 spiro atoms. The molecule has 106 valence electrons. The number of hydrogen-bond donors (Lipinski definition) is 1. The highest BCUT2D eigenvalue weighted by Crippen LogP contribution is 2.26. The lowest BCUT2D eigenvalue weighted by Crippen LogP contribution is -2.20. The third-order valence-corrected chi connectivity index (χ3v) is 3.43. The molecule has 0 radical (unpaired) electrons. The number of nitrogens with one attached hydrogen (secondary N) is 1. The van der Waals surface area contributed by atoms with Crippen molar-refractivity contribution in [3.63, 3.8) is 0 Å². The van der Waals surface area contributed by atoms with Gasteiger partial charge in [-0.1, -0.05) is 12.1 Å². The Labute approximate surface area is 117 Å². The average Bonchev–Trinajstić information content (AvgIpc) is 2.47. The van der Waals surface area contributed by atoms with Crippen LogP contribution in [0.5, 0.6) is 0 Å². The van der Waals surface area contributed by atoms with E-state index in [0.717, 1.165) is 5.69 Å². The lowest BCUT2D eigenvalue weighted by atomic mass is 9.98. The molecule has 20 heavy (non-hydrogen) atoms. The number of aromatic nitrogens is 1. The molecule has 1 aromatic heterocycles. The van der Waals surface area contributed by atoms with Crippen molar-refractivity contribution >= 4 is 0 Å². The fourth-order valence-electron chi connectivity index (χ4n) is 2.27. The van der Waals surface area contributed by atoms with Gasteiger partial charge in [-0.3, -0.25) is 4.98 Å². The lowest BCUT2D eigenvalue weighted by molar-refractivity contribution is 0.467. The van der Waals surface area contributed by atoms with E-state index in [1.165, 1.54) is 12.1 Å². The summed E-state index contributed by atoms with van der Waals surface area (Å²) < 4.78 is 28.0. The van der Waals surface area contributed by atoms with E-state index in [1.54, 1.807) is 20.2 Å². The Kier molecular flexibility index (Phi) is 4.79. The Morgan fingerprint density at radius 2 is 2.00 bits per heavy atom. The normalized spacial score (nSPS) is 12.4. The Hall–Kier alpha value is -1.81. The maximum Gasteiger partial charge on any atom is 0.133 e. The van der Waals surface area contributed by atoms with Crippen molar-refractivity contribution in [3.8, 4) is 0 Å². The van der Waals surface area contributed by atoms with Crippen LogP contribution in [0.15, 0.2) is 36.5 Å². The minimum absolute atomic E-state index is 0.114. The summed E-state index contributed by atoms with van der Waals surface area (Å²) >= 11 is 0. The SMILES string of the molecule is CNC(CCc1ccccn1)c1c(F)ccc(C)c1F. The molecule has 0 aliphatic rings. The van der Waals surface area contributed by atoms with Gasteiger partial charge in [-0.2, -0.15) is 0 Å². The molecule has 0 fully saturated rings. The van der Waals surface area contributed by atoms with Crippen molar-refractivity contribution in [1.29, 1.82) is 0 Å². The van der Waals surface area contributed by atoms with Gasteiger partial charge in [0.15, 0.2) is 0 Å². The Morgan fingerprint density at radius 1 is 1.20 bits per heavy atom. The maximum absolute atomic E-state index is 14.1. The number of benzene rings is 1. The van der Waals surface area contributed by atoms with Gasteiger partial charge in [0, 0.05) is 23.5 Å². The monoisotopic (exact) mass is 276 g/mol. The molecule has 0 saturated heterocycles. The fraction of sp³-hybridized carbons (Fsp3) is 0.312. The summed E-state index contributed by atoms with van der Waals surface area (Å²) in [6, 6.07) is 8.08. The van der Waals surface area contributed by atoms with E-state index in [4.69, 9.17) is 0 Å². The Morgan fingerprint density at radius 3 is 2.65 bits per heavy atom. The third kappa shape index (κ3) is 3.20. The van der Waals surface area contributed by atoms with Crippen molar-refractivity contribution in [3.05, 3.63) is 65.0 Å². The van der Waals surface area contributed by atoms with Gasteiger partial charge in [-0.25, -0.2) is 8.78 Å². The largest absolute Gasteiger partial charge is 0.313 e. The minimum atomic E-state index is -0.506. The quantitative estimate of drug-likeness (QED) is 0.903. The highest BCUT2D eigenvalue weighted by molar-refractivity contribution is 5.29. The summed E-state index contributed by atoms with van der Waals surface area (Å²) in [7, 11) is 1.71. The summed E-state index contributed by atoms with van der Waals surface area (Å²) in [5, 5.41) is 2.99. The summed E-state index contributed by atoms with van der Waals surface area (Å²) in [4.78, 5) is 4.23. The first-order chi connectivity index (χ1) is 9.63. The minimum Gasteiger partial charge on any atom is -0.313 e. The van der Waals surface area contributed by atoms with E-state index in [0.29, 0.717) is 18.4 Å². The molecular weight excluding hydrogens is 258 g/mol. The first kappa shape index (κ1) is 14.6. The molecule has 0 saturated carbocycles. The Balaban J connectivity index is 2.19. The second-order valence-electron chi connectivity index (χ2n) is 4.79. The van der Waals surface area contributed by atoms with Gasteiger partial charge in [-0.05, 0) is 50.6 Å². The number of rotatable bonds is 5. The van der Waals surface area contributed by atoms with Crippen LogP contribution in [0.25, 0.3) is 0 Å². The predicted molar refractivity (Wildman–Crippen MR) is 75.5 cm³/mol. The number of pyridine rings is 1. The molecule has 2 aromatic rings. The second kappa shape index (κ2) is 6.57. The van der Waals surface area contributed by atoms with Gasteiger partial charge in [-0.15, -0.1) is 0 Å². The number of halogens is 2. The second-order valence-corrected chi connectivity index (χ2v) is 4.79. The van der Waals surface area contributed by atoms with Crippen molar-refractivity contribution in [2.45, 2.75) is 25.8 Å². The van der Waals surface area contributed by atoms with Gasteiger partial charge in [0.25, 0.3) is 0 Å². The van der Waals surface area contributed by atoms with Crippen LogP contribution in [-0.4, -0.2) is 12.0 Å². The summed E-state index contributed by atoms with van der Waals surface area (Å²) in [6.45, 7) is 1.64. The molecule has 4 heteroatoms. The van der Waals surface area contributed by atoms with Crippen LogP contribution in [0.1, 0.15) is 29.3 Å². The van der Waals surface area contributed by atoms with Gasteiger partial charge in [0.1, 0.15) is 11.6 Å². The van der Waals surface area contributed by atoms with Gasteiger partial charge in [0.2, 0.25) is 0 Å². The average molecular weight is 276 g/mol. The van der Waals surface area contributed by atoms with Crippen LogP contribution in [0.3, 0.4) is 0 Å². The molecule has 1 unspecified atom stereocenters. The van der Waals surface area contributed by atoms with Crippen LogP contribution in [0, 0.1) is 18.6 Å². The number of aryl methyl sites for hydroxylation is 2. The standard InChI is InChI=1S/C16H18F2N2/c1-11-6-8-13(17)15(16(11)18)14(19-2)9-7-12-5-3-4-10-20-12/h3-6,8,10,14,19H,7,9H2,1-2H3. The first-order valence-electron chi connectivity index (χ1n) is 6.65. The predicted octanol–water partition coefficient (Wildman–Crippen LogP) is 3.56. The highest BCUT2D eigenvalue weighted by Gasteiger charge is 2.20. The van der Waals surface area contributed by atoms with Crippen molar-refractivity contribution in [2.24, 2.45) is 0 Å². The topological polar surface area (TPSA) is 24.9 Å². The lowest BCUT2D eigenvalue weighted by Gasteiger charge is -2.18. The first-order valence-corrected chi connectivity index (χ1v) is 6.65. The van der Waals surface area contributed by atoms with E-state index in [9.17, 15) is 8.78 Å². The number of nitrogens with zero attached hydrogens (tertiary/aromatic N) is 1. The fourth-order valence-corrected chi connectivity index (χ4v) is 2.27. The van der Waals surface area contributed by atoms with Gasteiger partial charge < -0.3 is 5.32 Å². The maximum atomic E-state index is 14.1. The molecule has 0 bridgehead atoms. The van der Waals surface area contributed by atoms with Crippen molar-refractivity contribution in [2.75, 3.05) is 7.05 Å². The van der Waals surface area contributed by atoms with E-state index in [1.807, 2.05) is 18.2 Å². The van der Waals surface area contributed by atoms with E-state index in [2.05, 4.69) is 10.3 Å². The zero-order valence-corrected chi connectivity index (χ0v) is 11.7. The van der Waals surface area contributed by atoms with Crippen LogP contribution in [0.4, 0.5) is 8.78 Å². The zero-order chi connectivity index (χ0) is 14.5. The molecule has 1 heterocycles. The highest BCUT2D eigenvalue weighted by atomic mass is 19.1. The summed E-state index contributed by atoms with van der Waals surface area (Å²) in [5.41, 5.74) is 1.49. The molecule has 2 nitrogen and oxygen atoms in total. The van der Waals surface area contributed by atoms with Gasteiger partial charge in [0.05, 0.1) is 0 Å². The molecule has 1 aromatic carbocycles.